The van der Waals surface area contributed by atoms with Crippen molar-refractivity contribution in [2.75, 3.05) is 0 Å². The first kappa shape index (κ1) is 17.1. The molecule has 4 aromatic rings. The lowest BCUT2D eigenvalue weighted by molar-refractivity contribution is -0.127. The molecule has 0 aliphatic rings. The fourth-order valence-electron chi connectivity index (χ4n) is 3.18. The van der Waals surface area contributed by atoms with Crippen LogP contribution in [0.2, 0.25) is 0 Å². The third-order valence-electron chi connectivity index (χ3n) is 4.68. The third-order valence-corrected chi connectivity index (χ3v) is 4.68. The summed E-state index contributed by atoms with van der Waals surface area (Å²) in [5.74, 6) is 0.568. The fourth-order valence-corrected chi connectivity index (χ4v) is 3.18. The Morgan fingerprint density at radius 1 is 0.815 bits per heavy atom. The van der Waals surface area contributed by atoms with Crippen molar-refractivity contribution in [1.29, 1.82) is 0 Å². The van der Waals surface area contributed by atoms with Gasteiger partial charge in [0.1, 0.15) is 5.75 Å². The number of fused-ring (bicyclic) bond motifs is 2. The number of carbonyl (C=O) groups is 1. The van der Waals surface area contributed by atoms with Crippen molar-refractivity contribution in [3.05, 3.63) is 90.5 Å². The van der Waals surface area contributed by atoms with Crippen LogP contribution in [0.1, 0.15) is 12.5 Å². The Kier molecular flexibility index (Phi) is 4.75. The third kappa shape index (κ3) is 3.93. The summed E-state index contributed by atoms with van der Waals surface area (Å²) >= 11 is 0. The molecule has 3 nitrogen and oxygen atoms in total. The zero-order valence-electron chi connectivity index (χ0n) is 15.2. The lowest BCUT2D eigenvalue weighted by atomic mass is 10.1. The minimum atomic E-state index is -0.563. The smallest absolute Gasteiger partial charge is 0.261 e. The van der Waals surface area contributed by atoms with E-state index in [4.69, 9.17) is 4.74 Å². The highest BCUT2D eigenvalue weighted by molar-refractivity contribution is 5.85. The Morgan fingerprint density at radius 3 is 2.11 bits per heavy atom. The number of hydrogen-bond donors (Lipinski definition) is 1. The molecule has 0 aromatic heterocycles. The maximum absolute atomic E-state index is 12.4. The monoisotopic (exact) mass is 355 g/mol. The first-order valence-electron chi connectivity index (χ1n) is 9.10. The highest BCUT2D eigenvalue weighted by atomic mass is 16.5. The molecule has 134 valence electrons. The van der Waals surface area contributed by atoms with E-state index in [0.717, 1.165) is 16.3 Å². The second kappa shape index (κ2) is 7.50. The molecule has 1 atom stereocenters. The number of rotatable bonds is 5. The summed E-state index contributed by atoms with van der Waals surface area (Å²) in [4.78, 5) is 12.4. The van der Waals surface area contributed by atoms with Gasteiger partial charge in [0.15, 0.2) is 6.10 Å². The van der Waals surface area contributed by atoms with Crippen LogP contribution in [0.25, 0.3) is 21.5 Å². The van der Waals surface area contributed by atoms with Crippen molar-refractivity contribution < 1.29 is 9.53 Å². The van der Waals surface area contributed by atoms with E-state index in [9.17, 15) is 4.79 Å². The summed E-state index contributed by atoms with van der Waals surface area (Å²) in [6, 6.07) is 28.4. The summed E-state index contributed by atoms with van der Waals surface area (Å²) < 4.78 is 5.83. The molecule has 1 N–H and O–H groups in total. The van der Waals surface area contributed by atoms with Gasteiger partial charge in [-0.05, 0) is 52.2 Å². The molecule has 0 saturated carbocycles. The van der Waals surface area contributed by atoms with E-state index in [1.807, 2.05) is 54.6 Å². The number of amides is 1. The minimum absolute atomic E-state index is 0.128. The van der Waals surface area contributed by atoms with Crippen molar-refractivity contribution in [3.63, 3.8) is 0 Å². The normalized spacial score (nSPS) is 12.0. The number of ether oxygens (including phenoxy) is 1. The average Bonchev–Trinajstić information content (AvgIpc) is 2.71. The maximum Gasteiger partial charge on any atom is 0.261 e. The largest absolute Gasteiger partial charge is 0.481 e. The Bertz CT molecular complexity index is 1100. The van der Waals surface area contributed by atoms with Gasteiger partial charge in [0, 0.05) is 6.54 Å². The quantitative estimate of drug-likeness (QED) is 0.542. The average molecular weight is 355 g/mol. The Morgan fingerprint density at radius 2 is 1.41 bits per heavy atom. The Hall–Kier alpha value is -3.33. The van der Waals surface area contributed by atoms with Crippen LogP contribution in [0.4, 0.5) is 0 Å². The predicted octanol–water partition coefficient (Wildman–Crippen LogP) is 5.08. The van der Waals surface area contributed by atoms with Gasteiger partial charge < -0.3 is 10.1 Å². The van der Waals surface area contributed by atoms with Crippen LogP contribution in [-0.2, 0) is 11.3 Å². The van der Waals surface area contributed by atoms with Gasteiger partial charge in [-0.15, -0.1) is 0 Å². The van der Waals surface area contributed by atoms with Crippen molar-refractivity contribution >= 4 is 27.5 Å². The molecule has 0 fully saturated rings. The summed E-state index contributed by atoms with van der Waals surface area (Å²) in [6.07, 6.45) is -0.563. The fraction of sp³-hybridized carbons (Fsp3) is 0.125. The standard InChI is InChI=1S/C24H21NO2/c1-17(27-23-13-12-20-7-3-5-9-22(20)15-23)24(26)25-16-18-10-11-19-6-2-4-8-21(19)14-18/h2-15,17H,16H2,1H3,(H,25,26). The molecular formula is C24H21NO2. The van der Waals surface area contributed by atoms with Crippen LogP contribution in [0, 0.1) is 0 Å². The van der Waals surface area contributed by atoms with E-state index in [0.29, 0.717) is 12.3 Å². The van der Waals surface area contributed by atoms with Gasteiger partial charge in [-0.1, -0.05) is 66.7 Å². The van der Waals surface area contributed by atoms with Crippen LogP contribution in [-0.4, -0.2) is 12.0 Å². The summed E-state index contributed by atoms with van der Waals surface area (Å²) in [7, 11) is 0. The SMILES string of the molecule is CC(Oc1ccc2ccccc2c1)C(=O)NCc1ccc2ccccc2c1. The molecule has 0 aliphatic heterocycles. The highest BCUT2D eigenvalue weighted by Gasteiger charge is 2.14. The second-order valence-corrected chi connectivity index (χ2v) is 6.67. The molecule has 0 heterocycles. The van der Waals surface area contributed by atoms with Crippen LogP contribution in [0.5, 0.6) is 5.75 Å². The summed E-state index contributed by atoms with van der Waals surface area (Å²) in [5.41, 5.74) is 1.07. The van der Waals surface area contributed by atoms with Crippen LogP contribution >= 0.6 is 0 Å². The molecular weight excluding hydrogens is 334 g/mol. The van der Waals surface area contributed by atoms with Gasteiger partial charge in [-0.3, -0.25) is 4.79 Å². The van der Waals surface area contributed by atoms with E-state index in [2.05, 4.69) is 35.6 Å². The van der Waals surface area contributed by atoms with Gasteiger partial charge in [-0.25, -0.2) is 0 Å². The maximum atomic E-state index is 12.4. The van der Waals surface area contributed by atoms with Crippen LogP contribution < -0.4 is 10.1 Å². The first-order valence-corrected chi connectivity index (χ1v) is 9.10. The van der Waals surface area contributed by atoms with Gasteiger partial charge >= 0.3 is 0 Å². The molecule has 4 aromatic carbocycles. The van der Waals surface area contributed by atoms with Crippen molar-refractivity contribution in [1.82, 2.24) is 5.32 Å². The number of hydrogen-bond acceptors (Lipinski definition) is 2. The number of carbonyl (C=O) groups excluding carboxylic acids is 1. The summed E-state index contributed by atoms with van der Waals surface area (Å²) in [5, 5.41) is 7.57. The first-order chi connectivity index (χ1) is 13.2. The molecule has 0 spiro atoms. The molecule has 0 saturated heterocycles. The Balaban J connectivity index is 1.39. The zero-order chi connectivity index (χ0) is 18.6. The molecule has 3 heteroatoms. The molecule has 4 rings (SSSR count). The molecule has 0 radical (unpaired) electrons. The van der Waals surface area contributed by atoms with Gasteiger partial charge in [0.05, 0.1) is 0 Å². The Labute approximate surface area is 158 Å². The van der Waals surface area contributed by atoms with Crippen molar-refractivity contribution in [2.45, 2.75) is 19.6 Å². The molecule has 0 bridgehead atoms. The van der Waals surface area contributed by atoms with E-state index >= 15 is 0 Å². The van der Waals surface area contributed by atoms with Gasteiger partial charge in [0.2, 0.25) is 0 Å². The van der Waals surface area contributed by atoms with Crippen LogP contribution in [0.3, 0.4) is 0 Å². The second-order valence-electron chi connectivity index (χ2n) is 6.67. The van der Waals surface area contributed by atoms with E-state index in [-0.39, 0.29) is 5.91 Å². The molecule has 1 amide bonds. The minimum Gasteiger partial charge on any atom is -0.481 e. The van der Waals surface area contributed by atoms with E-state index < -0.39 is 6.10 Å². The zero-order valence-corrected chi connectivity index (χ0v) is 15.2. The van der Waals surface area contributed by atoms with E-state index in [1.165, 1.54) is 10.8 Å². The lowest BCUT2D eigenvalue weighted by Gasteiger charge is -2.15. The van der Waals surface area contributed by atoms with E-state index in [1.54, 1.807) is 6.92 Å². The molecule has 0 aliphatic carbocycles. The number of nitrogens with one attached hydrogen (secondary N) is 1. The van der Waals surface area contributed by atoms with Gasteiger partial charge in [-0.2, -0.15) is 0 Å². The molecule has 27 heavy (non-hydrogen) atoms. The summed E-state index contributed by atoms with van der Waals surface area (Å²) in [6.45, 7) is 2.25. The van der Waals surface area contributed by atoms with Crippen LogP contribution in [0.15, 0.2) is 84.9 Å². The van der Waals surface area contributed by atoms with Gasteiger partial charge in [0.25, 0.3) is 5.91 Å². The lowest BCUT2D eigenvalue weighted by Crippen LogP contribution is -2.35. The predicted molar refractivity (Wildman–Crippen MR) is 110 cm³/mol. The molecule has 1 unspecified atom stereocenters. The topological polar surface area (TPSA) is 38.3 Å². The van der Waals surface area contributed by atoms with Crippen molar-refractivity contribution in [2.24, 2.45) is 0 Å². The highest BCUT2D eigenvalue weighted by Crippen LogP contribution is 2.21. The van der Waals surface area contributed by atoms with Crippen molar-refractivity contribution in [3.8, 4) is 5.75 Å². The number of benzene rings is 4.